The number of methoxy groups -OCH3 is 1. The molecule has 2 amide bonds. The molecule has 0 bridgehead atoms. The molecule has 0 fully saturated rings. The zero-order valence-electron chi connectivity index (χ0n) is 22.1. The molecule has 0 aliphatic carbocycles. The molecule has 2 N–H and O–H groups in total. The summed E-state index contributed by atoms with van der Waals surface area (Å²) < 4.78 is 6.89. The smallest absolute Gasteiger partial charge is 0.256 e. The number of rotatable bonds is 10. The normalized spacial score (nSPS) is 12.1. The molecule has 196 valence electrons. The largest absolute Gasteiger partial charge is 0.381 e. The number of amides is 2. The second-order valence-electron chi connectivity index (χ2n) is 8.97. The van der Waals surface area contributed by atoms with Gasteiger partial charge in [0.05, 0.1) is 29.6 Å². The van der Waals surface area contributed by atoms with Crippen molar-refractivity contribution in [2.45, 2.75) is 39.7 Å². The lowest BCUT2D eigenvalue weighted by Gasteiger charge is -2.11. The minimum absolute atomic E-state index is 0.233. The SMILES string of the molecule is CCCc1ccnc(NC(=O)c2ccc(-c3nc([C@H](C)NC(=O)C=CCOC)n4ccnc(C)c34)cc2)c1. The summed E-state index contributed by atoms with van der Waals surface area (Å²) in [5.41, 5.74) is 4.85. The molecule has 9 nitrogen and oxygen atoms in total. The first kappa shape index (κ1) is 26.7. The third-order valence-corrected chi connectivity index (χ3v) is 6.07. The van der Waals surface area contributed by atoms with Crippen LogP contribution in [0, 0.1) is 6.92 Å². The second kappa shape index (κ2) is 12.2. The number of ether oxygens (including phenoxy) is 1. The Labute approximate surface area is 222 Å². The molecule has 1 atom stereocenters. The summed E-state index contributed by atoms with van der Waals surface area (Å²) in [5.74, 6) is 0.742. The third kappa shape index (κ3) is 6.12. The van der Waals surface area contributed by atoms with Crippen molar-refractivity contribution in [2.75, 3.05) is 19.0 Å². The summed E-state index contributed by atoms with van der Waals surface area (Å²) in [6.45, 7) is 6.28. The molecule has 4 rings (SSSR count). The summed E-state index contributed by atoms with van der Waals surface area (Å²) in [6.07, 6.45) is 10.3. The fraction of sp³-hybridized carbons (Fsp3) is 0.276. The highest BCUT2D eigenvalue weighted by atomic mass is 16.5. The van der Waals surface area contributed by atoms with E-state index in [1.807, 2.05) is 48.7 Å². The summed E-state index contributed by atoms with van der Waals surface area (Å²) in [7, 11) is 1.57. The number of nitrogens with one attached hydrogen (secondary N) is 2. The van der Waals surface area contributed by atoms with Gasteiger partial charge >= 0.3 is 0 Å². The number of aromatic nitrogens is 4. The summed E-state index contributed by atoms with van der Waals surface area (Å²) in [6, 6.07) is 10.8. The van der Waals surface area contributed by atoms with Gasteiger partial charge in [0.2, 0.25) is 5.91 Å². The molecule has 0 saturated heterocycles. The van der Waals surface area contributed by atoms with Crippen LogP contribution < -0.4 is 10.6 Å². The number of benzene rings is 1. The maximum Gasteiger partial charge on any atom is 0.256 e. The Bertz CT molecular complexity index is 1460. The molecular weight excluding hydrogens is 480 g/mol. The first-order valence-corrected chi connectivity index (χ1v) is 12.6. The summed E-state index contributed by atoms with van der Waals surface area (Å²) >= 11 is 0. The molecule has 0 radical (unpaired) electrons. The van der Waals surface area contributed by atoms with Gasteiger partial charge in [0, 0.05) is 42.9 Å². The number of hydrogen-bond acceptors (Lipinski definition) is 6. The Balaban J connectivity index is 1.58. The van der Waals surface area contributed by atoms with Gasteiger partial charge < -0.3 is 15.4 Å². The van der Waals surface area contributed by atoms with Crippen LogP contribution >= 0.6 is 0 Å². The van der Waals surface area contributed by atoms with E-state index < -0.39 is 0 Å². The van der Waals surface area contributed by atoms with E-state index in [0.717, 1.165) is 40.9 Å². The second-order valence-corrected chi connectivity index (χ2v) is 8.97. The van der Waals surface area contributed by atoms with Gasteiger partial charge in [-0.05, 0) is 50.1 Å². The molecule has 9 heteroatoms. The van der Waals surface area contributed by atoms with Crippen LogP contribution in [0.15, 0.2) is 67.1 Å². The number of hydrogen-bond donors (Lipinski definition) is 2. The van der Waals surface area contributed by atoms with E-state index in [2.05, 4.69) is 27.5 Å². The minimum Gasteiger partial charge on any atom is -0.381 e. The molecule has 4 aromatic rings. The van der Waals surface area contributed by atoms with E-state index in [0.29, 0.717) is 23.8 Å². The fourth-order valence-corrected chi connectivity index (χ4v) is 4.26. The monoisotopic (exact) mass is 512 g/mol. The summed E-state index contributed by atoms with van der Waals surface area (Å²) in [5, 5.41) is 5.82. The molecule has 0 aliphatic heterocycles. The van der Waals surface area contributed by atoms with Crippen molar-refractivity contribution in [3.05, 3.63) is 89.8 Å². The van der Waals surface area contributed by atoms with Crippen LogP contribution in [0.1, 0.15) is 53.7 Å². The van der Waals surface area contributed by atoms with Gasteiger partial charge in [-0.3, -0.25) is 19.0 Å². The van der Waals surface area contributed by atoms with Crippen LogP contribution in [0.25, 0.3) is 16.8 Å². The van der Waals surface area contributed by atoms with Crippen molar-refractivity contribution in [3.8, 4) is 11.3 Å². The lowest BCUT2D eigenvalue weighted by atomic mass is 10.1. The number of imidazole rings is 1. The van der Waals surface area contributed by atoms with Gasteiger partial charge in [0.15, 0.2) is 0 Å². The molecule has 0 unspecified atom stereocenters. The van der Waals surface area contributed by atoms with Crippen molar-refractivity contribution >= 4 is 23.1 Å². The molecular formula is C29H32N6O3. The average molecular weight is 513 g/mol. The fourth-order valence-electron chi connectivity index (χ4n) is 4.26. The lowest BCUT2D eigenvalue weighted by molar-refractivity contribution is -0.117. The van der Waals surface area contributed by atoms with Gasteiger partial charge in [-0.2, -0.15) is 0 Å². The van der Waals surface area contributed by atoms with E-state index >= 15 is 0 Å². The predicted octanol–water partition coefficient (Wildman–Crippen LogP) is 4.68. The van der Waals surface area contributed by atoms with Crippen LogP contribution in [0.2, 0.25) is 0 Å². The zero-order valence-corrected chi connectivity index (χ0v) is 22.1. The first-order valence-electron chi connectivity index (χ1n) is 12.6. The Morgan fingerprint density at radius 1 is 1.13 bits per heavy atom. The standard InChI is InChI=1S/C29H32N6O3/c1-5-7-21-13-14-31-24(18-21)33-29(37)23-11-9-22(10-12-23)26-27-19(2)30-15-16-35(27)28(34-26)20(3)32-25(36)8-6-17-38-4/h6,8-16,18,20H,5,7,17H2,1-4H3,(H,32,36)(H,31,33,37)/t20-/m0/s1. The highest BCUT2D eigenvalue weighted by Crippen LogP contribution is 2.29. The Kier molecular flexibility index (Phi) is 8.60. The van der Waals surface area contributed by atoms with Gasteiger partial charge in [0.1, 0.15) is 11.6 Å². The number of aryl methyl sites for hydroxylation is 2. The highest BCUT2D eigenvalue weighted by Gasteiger charge is 2.20. The van der Waals surface area contributed by atoms with Crippen molar-refractivity contribution in [1.29, 1.82) is 0 Å². The average Bonchev–Trinajstić information content (AvgIpc) is 3.30. The Morgan fingerprint density at radius 3 is 2.66 bits per heavy atom. The van der Waals surface area contributed by atoms with Gasteiger partial charge in [-0.15, -0.1) is 0 Å². The van der Waals surface area contributed by atoms with Crippen molar-refractivity contribution in [2.24, 2.45) is 0 Å². The summed E-state index contributed by atoms with van der Waals surface area (Å²) in [4.78, 5) is 38.8. The highest BCUT2D eigenvalue weighted by molar-refractivity contribution is 6.04. The van der Waals surface area contributed by atoms with Gasteiger partial charge in [-0.1, -0.05) is 31.6 Å². The molecule has 3 aromatic heterocycles. The molecule has 38 heavy (non-hydrogen) atoms. The van der Waals surface area contributed by atoms with Gasteiger partial charge in [0.25, 0.3) is 5.91 Å². The topological polar surface area (TPSA) is 111 Å². The van der Waals surface area contributed by atoms with Crippen molar-refractivity contribution in [1.82, 2.24) is 24.7 Å². The molecule has 0 aliphatic rings. The van der Waals surface area contributed by atoms with Crippen LogP contribution in [0.4, 0.5) is 5.82 Å². The molecule has 0 spiro atoms. The first-order chi connectivity index (χ1) is 18.4. The number of carbonyl (C=O) groups is 2. The Morgan fingerprint density at radius 2 is 1.92 bits per heavy atom. The Hall–Kier alpha value is -4.37. The van der Waals surface area contributed by atoms with E-state index in [9.17, 15) is 9.59 Å². The predicted molar refractivity (Wildman–Crippen MR) is 147 cm³/mol. The minimum atomic E-state index is -0.362. The van der Waals surface area contributed by atoms with E-state index in [1.165, 1.54) is 6.08 Å². The maximum absolute atomic E-state index is 12.9. The maximum atomic E-state index is 12.9. The van der Waals surface area contributed by atoms with Crippen molar-refractivity contribution in [3.63, 3.8) is 0 Å². The quantitative estimate of drug-likeness (QED) is 0.299. The van der Waals surface area contributed by atoms with Crippen LogP contribution in [0.5, 0.6) is 0 Å². The van der Waals surface area contributed by atoms with Crippen LogP contribution in [-0.2, 0) is 16.0 Å². The number of carbonyl (C=O) groups excluding carboxylic acids is 2. The van der Waals surface area contributed by atoms with E-state index in [4.69, 9.17) is 9.72 Å². The molecule has 1 aromatic carbocycles. The van der Waals surface area contributed by atoms with E-state index in [-0.39, 0.29) is 17.9 Å². The van der Waals surface area contributed by atoms with Crippen LogP contribution in [-0.4, -0.2) is 44.9 Å². The number of pyridine rings is 1. The lowest BCUT2D eigenvalue weighted by Crippen LogP contribution is -2.26. The van der Waals surface area contributed by atoms with Crippen molar-refractivity contribution < 1.29 is 14.3 Å². The van der Waals surface area contributed by atoms with Gasteiger partial charge in [-0.25, -0.2) is 9.97 Å². The number of anilines is 1. The zero-order chi connectivity index (χ0) is 27.1. The number of nitrogens with zero attached hydrogens (tertiary/aromatic N) is 4. The van der Waals surface area contributed by atoms with E-state index in [1.54, 1.807) is 37.7 Å². The van der Waals surface area contributed by atoms with Crippen LogP contribution in [0.3, 0.4) is 0 Å². The molecule has 3 heterocycles. The third-order valence-electron chi connectivity index (χ3n) is 6.07. The number of fused-ring (bicyclic) bond motifs is 1. The molecule has 0 saturated carbocycles.